The van der Waals surface area contributed by atoms with Crippen molar-refractivity contribution >= 4 is 17.6 Å². The third-order valence-electron chi connectivity index (χ3n) is 2.20. The maximum Gasteiger partial charge on any atom is 0.244 e. The van der Waals surface area contributed by atoms with E-state index in [0.29, 0.717) is 6.54 Å². The number of aromatic nitrogens is 2. The van der Waals surface area contributed by atoms with E-state index in [-0.39, 0.29) is 5.91 Å². The topological polar surface area (TPSA) is 46.4 Å². The van der Waals surface area contributed by atoms with Crippen LogP contribution in [-0.2, 0) is 4.79 Å². The fourth-order valence-corrected chi connectivity index (χ4v) is 1.47. The van der Waals surface area contributed by atoms with Crippen LogP contribution in [0.5, 0.6) is 0 Å². The van der Waals surface area contributed by atoms with Crippen molar-refractivity contribution in [2.75, 3.05) is 6.54 Å². The molecule has 16 heavy (non-hydrogen) atoms. The molecule has 2 aromatic heterocycles. The lowest BCUT2D eigenvalue weighted by molar-refractivity contribution is -0.116. The van der Waals surface area contributed by atoms with Crippen molar-refractivity contribution in [3.63, 3.8) is 0 Å². The predicted octanol–water partition coefficient (Wildman–Crippen LogP) is 1.48. The fourth-order valence-electron chi connectivity index (χ4n) is 1.47. The number of carbonyl (C=O) groups is 1. The largest absolute Gasteiger partial charge is 0.353 e. The van der Waals surface area contributed by atoms with Gasteiger partial charge in [0.25, 0.3) is 0 Å². The first-order valence-electron chi connectivity index (χ1n) is 5.19. The number of rotatable bonds is 3. The van der Waals surface area contributed by atoms with Gasteiger partial charge in [0.05, 0.1) is 11.9 Å². The van der Waals surface area contributed by atoms with Crippen LogP contribution in [0.25, 0.3) is 11.7 Å². The first-order chi connectivity index (χ1) is 7.81. The van der Waals surface area contributed by atoms with Crippen molar-refractivity contribution < 1.29 is 4.79 Å². The molecule has 0 aliphatic heterocycles. The molecular formula is C12H13N3O. The summed E-state index contributed by atoms with van der Waals surface area (Å²) in [6.07, 6.45) is 6.93. The summed E-state index contributed by atoms with van der Waals surface area (Å²) in [6, 6.07) is 5.78. The summed E-state index contributed by atoms with van der Waals surface area (Å²) < 4.78 is 1.93. The molecule has 0 aromatic carbocycles. The lowest BCUT2D eigenvalue weighted by Crippen LogP contribution is -2.19. The summed E-state index contributed by atoms with van der Waals surface area (Å²) >= 11 is 0. The lowest BCUT2D eigenvalue weighted by Gasteiger charge is -1.96. The van der Waals surface area contributed by atoms with Crippen LogP contribution in [0.4, 0.5) is 0 Å². The average molecular weight is 215 g/mol. The number of imidazole rings is 1. The second-order valence-corrected chi connectivity index (χ2v) is 3.34. The zero-order valence-corrected chi connectivity index (χ0v) is 9.05. The van der Waals surface area contributed by atoms with Gasteiger partial charge in [-0.2, -0.15) is 0 Å². The molecule has 4 heteroatoms. The van der Waals surface area contributed by atoms with E-state index in [4.69, 9.17) is 0 Å². The van der Waals surface area contributed by atoms with Crippen LogP contribution in [-0.4, -0.2) is 21.8 Å². The lowest BCUT2D eigenvalue weighted by atomic mass is 10.4. The highest BCUT2D eigenvalue weighted by Gasteiger charge is 1.98. The number of fused-ring (bicyclic) bond motifs is 1. The molecule has 1 amide bonds. The molecule has 0 saturated heterocycles. The van der Waals surface area contributed by atoms with Gasteiger partial charge < -0.3 is 9.72 Å². The second kappa shape index (κ2) is 4.61. The van der Waals surface area contributed by atoms with Gasteiger partial charge in [-0.25, -0.2) is 4.98 Å². The molecule has 82 valence electrons. The molecule has 4 nitrogen and oxygen atoms in total. The van der Waals surface area contributed by atoms with Crippen molar-refractivity contribution in [2.45, 2.75) is 6.92 Å². The molecular weight excluding hydrogens is 202 g/mol. The number of hydrogen-bond donors (Lipinski definition) is 1. The third kappa shape index (κ3) is 2.11. The van der Waals surface area contributed by atoms with Crippen molar-refractivity contribution in [3.05, 3.63) is 42.4 Å². The number of nitrogens with one attached hydrogen (secondary N) is 1. The minimum absolute atomic E-state index is 0.0895. The van der Waals surface area contributed by atoms with Gasteiger partial charge in [0.15, 0.2) is 0 Å². The molecule has 0 radical (unpaired) electrons. The van der Waals surface area contributed by atoms with Gasteiger partial charge >= 0.3 is 0 Å². The van der Waals surface area contributed by atoms with Crippen LogP contribution in [0.1, 0.15) is 12.6 Å². The zero-order chi connectivity index (χ0) is 11.4. The SMILES string of the molecule is CCNC(=O)/C=C/c1cnc2ccccn12. The monoisotopic (exact) mass is 215 g/mol. The second-order valence-electron chi connectivity index (χ2n) is 3.34. The Hall–Kier alpha value is -2.10. The van der Waals surface area contributed by atoms with E-state index in [2.05, 4.69) is 10.3 Å². The van der Waals surface area contributed by atoms with E-state index in [1.54, 1.807) is 12.3 Å². The minimum atomic E-state index is -0.0895. The van der Waals surface area contributed by atoms with Gasteiger partial charge in [-0.05, 0) is 25.1 Å². The van der Waals surface area contributed by atoms with Crippen LogP contribution in [0.2, 0.25) is 0 Å². The van der Waals surface area contributed by atoms with Gasteiger partial charge in [-0.3, -0.25) is 4.79 Å². The first-order valence-corrected chi connectivity index (χ1v) is 5.19. The highest BCUT2D eigenvalue weighted by Crippen LogP contribution is 2.07. The van der Waals surface area contributed by atoms with E-state index in [1.807, 2.05) is 35.7 Å². The van der Waals surface area contributed by atoms with Crippen LogP contribution in [0, 0.1) is 0 Å². The smallest absolute Gasteiger partial charge is 0.244 e. The number of amides is 1. The normalized spacial score (nSPS) is 11.1. The van der Waals surface area contributed by atoms with Crippen molar-refractivity contribution in [1.29, 1.82) is 0 Å². The zero-order valence-electron chi connectivity index (χ0n) is 9.05. The van der Waals surface area contributed by atoms with Crippen LogP contribution in [0.3, 0.4) is 0 Å². The highest BCUT2D eigenvalue weighted by molar-refractivity contribution is 5.91. The molecule has 1 N–H and O–H groups in total. The van der Waals surface area contributed by atoms with Crippen LogP contribution in [0.15, 0.2) is 36.7 Å². The average Bonchev–Trinajstić information content (AvgIpc) is 2.70. The van der Waals surface area contributed by atoms with Gasteiger partial charge in [0.1, 0.15) is 5.65 Å². The standard InChI is InChI=1S/C12H13N3O/c1-2-13-12(16)7-6-10-9-14-11-5-3-4-8-15(10)11/h3-9H,2H2,1H3,(H,13,16)/b7-6+. The fraction of sp³-hybridized carbons (Fsp3) is 0.167. The Morgan fingerprint density at radius 2 is 2.44 bits per heavy atom. The number of pyridine rings is 1. The van der Waals surface area contributed by atoms with Gasteiger partial charge in [0, 0.05) is 18.8 Å². The van der Waals surface area contributed by atoms with E-state index in [1.165, 1.54) is 6.08 Å². The summed E-state index contributed by atoms with van der Waals surface area (Å²) in [5.41, 5.74) is 1.76. The predicted molar refractivity (Wildman–Crippen MR) is 62.9 cm³/mol. The third-order valence-corrected chi connectivity index (χ3v) is 2.20. The molecule has 0 unspecified atom stereocenters. The maximum atomic E-state index is 11.2. The van der Waals surface area contributed by atoms with E-state index >= 15 is 0 Å². The molecule has 0 spiro atoms. The molecule has 0 atom stereocenters. The van der Waals surface area contributed by atoms with Gasteiger partial charge in [-0.1, -0.05) is 6.07 Å². The molecule has 2 heterocycles. The Kier molecular flexibility index (Phi) is 3.00. The van der Waals surface area contributed by atoms with Gasteiger partial charge in [-0.15, -0.1) is 0 Å². The van der Waals surface area contributed by atoms with E-state index < -0.39 is 0 Å². The molecule has 2 rings (SSSR count). The Labute approximate surface area is 93.6 Å². The Balaban J connectivity index is 2.24. The highest BCUT2D eigenvalue weighted by atomic mass is 16.1. The van der Waals surface area contributed by atoms with Crippen molar-refractivity contribution in [2.24, 2.45) is 0 Å². The molecule has 0 aliphatic rings. The van der Waals surface area contributed by atoms with E-state index in [9.17, 15) is 4.79 Å². The van der Waals surface area contributed by atoms with Crippen molar-refractivity contribution in [3.8, 4) is 0 Å². The number of hydrogen-bond acceptors (Lipinski definition) is 2. The molecule has 0 bridgehead atoms. The summed E-state index contributed by atoms with van der Waals surface area (Å²) in [4.78, 5) is 15.5. The number of nitrogens with zero attached hydrogens (tertiary/aromatic N) is 2. The van der Waals surface area contributed by atoms with E-state index in [0.717, 1.165) is 11.3 Å². The minimum Gasteiger partial charge on any atom is -0.353 e. The Morgan fingerprint density at radius 3 is 3.25 bits per heavy atom. The van der Waals surface area contributed by atoms with Gasteiger partial charge in [0.2, 0.25) is 5.91 Å². The quantitative estimate of drug-likeness (QED) is 0.788. The molecule has 0 aliphatic carbocycles. The summed E-state index contributed by atoms with van der Waals surface area (Å²) in [5, 5.41) is 2.70. The maximum absolute atomic E-state index is 11.2. The number of likely N-dealkylation sites (N-methyl/N-ethyl adjacent to an activating group) is 1. The molecule has 0 fully saturated rings. The summed E-state index contributed by atoms with van der Waals surface area (Å²) in [5.74, 6) is -0.0895. The first kappa shape index (κ1) is 10.4. The Bertz CT molecular complexity index is 528. The number of carbonyl (C=O) groups excluding carboxylic acids is 1. The summed E-state index contributed by atoms with van der Waals surface area (Å²) in [7, 11) is 0. The summed E-state index contributed by atoms with van der Waals surface area (Å²) in [6.45, 7) is 2.52. The van der Waals surface area contributed by atoms with Crippen molar-refractivity contribution in [1.82, 2.24) is 14.7 Å². The Morgan fingerprint density at radius 1 is 1.56 bits per heavy atom. The van der Waals surface area contributed by atoms with Crippen LogP contribution < -0.4 is 5.32 Å². The molecule has 2 aromatic rings. The molecule has 0 saturated carbocycles. The van der Waals surface area contributed by atoms with Crippen LogP contribution >= 0.6 is 0 Å².